The van der Waals surface area contributed by atoms with E-state index in [0.29, 0.717) is 5.41 Å². The topological polar surface area (TPSA) is 45.5 Å². The first kappa shape index (κ1) is 20.4. The number of aromatic nitrogens is 2. The number of nitrogens with zero attached hydrogens (tertiary/aromatic N) is 4. The Morgan fingerprint density at radius 3 is 2.78 bits per heavy atom. The van der Waals surface area contributed by atoms with Gasteiger partial charge in [0.05, 0.1) is 11.0 Å². The summed E-state index contributed by atoms with van der Waals surface area (Å²) in [4.78, 5) is 12.1. The number of para-hydroxylation sites is 2. The van der Waals surface area contributed by atoms with Crippen molar-refractivity contribution in [1.29, 1.82) is 0 Å². The molecule has 5 nitrogen and oxygen atoms in total. The molecule has 148 valence electrons. The third-order valence-electron chi connectivity index (χ3n) is 6.13. The summed E-state index contributed by atoms with van der Waals surface area (Å²) in [6, 6.07) is 8.39. The number of rotatable bonds is 5. The minimum atomic E-state index is 0. The summed E-state index contributed by atoms with van der Waals surface area (Å²) in [7, 11) is 0. The highest BCUT2D eigenvalue weighted by Gasteiger charge is 2.43. The molecule has 0 bridgehead atoms. The summed E-state index contributed by atoms with van der Waals surface area (Å²) in [6.07, 6.45) is 6.62. The largest absolute Gasteiger partial charge is 0.357 e. The molecule has 1 N–H and O–H groups in total. The molecule has 1 saturated carbocycles. The van der Waals surface area contributed by atoms with E-state index in [-0.39, 0.29) is 24.0 Å². The van der Waals surface area contributed by atoms with Gasteiger partial charge in [0.25, 0.3) is 0 Å². The Labute approximate surface area is 179 Å². The molecular formula is C21H32IN5. The van der Waals surface area contributed by atoms with E-state index in [1.807, 2.05) is 0 Å². The summed E-state index contributed by atoms with van der Waals surface area (Å²) in [5.41, 5.74) is 2.93. The van der Waals surface area contributed by atoms with Gasteiger partial charge < -0.3 is 14.8 Å². The first-order chi connectivity index (χ1) is 12.7. The first-order valence-electron chi connectivity index (χ1n) is 10.2. The van der Waals surface area contributed by atoms with Crippen molar-refractivity contribution in [3.8, 4) is 0 Å². The van der Waals surface area contributed by atoms with E-state index in [2.05, 4.69) is 57.9 Å². The SMILES string of the molecule is CCNC(=NCCCn1c(C)nc2ccccc21)N1CCC2(CCC2)C1.I. The Morgan fingerprint density at radius 1 is 1.26 bits per heavy atom. The van der Waals surface area contributed by atoms with Crippen molar-refractivity contribution >= 4 is 41.0 Å². The second kappa shape index (κ2) is 8.80. The number of aryl methyl sites for hydroxylation is 2. The molecule has 2 aromatic rings. The molecule has 0 amide bonds. The van der Waals surface area contributed by atoms with Gasteiger partial charge in [0.2, 0.25) is 0 Å². The minimum Gasteiger partial charge on any atom is -0.357 e. The van der Waals surface area contributed by atoms with Gasteiger partial charge in [-0.25, -0.2) is 4.98 Å². The Morgan fingerprint density at radius 2 is 2.07 bits per heavy atom. The Hall–Kier alpha value is -1.31. The smallest absolute Gasteiger partial charge is 0.193 e. The lowest BCUT2D eigenvalue weighted by atomic mass is 9.68. The van der Waals surface area contributed by atoms with Gasteiger partial charge in [0, 0.05) is 32.7 Å². The number of hydrogen-bond acceptors (Lipinski definition) is 2. The fourth-order valence-electron chi connectivity index (χ4n) is 4.52. The lowest BCUT2D eigenvalue weighted by molar-refractivity contribution is 0.151. The second-order valence-corrected chi connectivity index (χ2v) is 7.91. The van der Waals surface area contributed by atoms with E-state index in [0.717, 1.165) is 49.9 Å². The zero-order valence-electron chi connectivity index (χ0n) is 16.6. The van der Waals surface area contributed by atoms with Crippen molar-refractivity contribution in [1.82, 2.24) is 19.8 Å². The fourth-order valence-corrected chi connectivity index (χ4v) is 4.52. The van der Waals surface area contributed by atoms with E-state index < -0.39 is 0 Å². The number of halogens is 1. The Balaban J connectivity index is 0.00000210. The predicted octanol–water partition coefficient (Wildman–Crippen LogP) is 4.19. The van der Waals surface area contributed by atoms with Crippen LogP contribution in [0.4, 0.5) is 0 Å². The average Bonchev–Trinajstić information content (AvgIpc) is 3.19. The average molecular weight is 481 g/mol. The quantitative estimate of drug-likeness (QED) is 0.302. The molecule has 1 spiro atoms. The molecule has 1 aliphatic heterocycles. The number of guanidine groups is 1. The standard InChI is InChI=1S/C21H31N5.HI/c1-3-22-20(25-15-12-21(16-25)10-6-11-21)23-13-7-14-26-17(2)24-18-8-4-5-9-19(18)26;/h4-5,8-9H,3,6-7,10-16H2,1-2H3,(H,22,23);1H. The molecule has 0 atom stereocenters. The van der Waals surface area contributed by atoms with Crippen LogP contribution < -0.4 is 5.32 Å². The van der Waals surface area contributed by atoms with Crippen molar-refractivity contribution in [3.63, 3.8) is 0 Å². The number of hydrogen-bond donors (Lipinski definition) is 1. The Bertz CT molecular complexity index is 793. The van der Waals surface area contributed by atoms with E-state index in [4.69, 9.17) is 4.99 Å². The molecule has 27 heavy (non-hydrogen) atoms. The van der Waals surface area contributed by atoms with Gasteiger partial charge in [-0.1, -0.05) is 18.6 Å². The van der Waals surface area contributed by atoms with Crippen molar-refractivity contribution in [2.24, 2.45) is 10.4 Å². The van der Waals surface area contributed by atoms with Crippen LogP contribution in [0.15, 0.2) is 29.3 Å². The molecular weight excluding hydrogens is 449 g/mol. The van der Waals surface area contributed by atoms with Crippen LogP contribution in [0.3, 0.4) is 0 Å². The number of likely N-dealkylation sites (tertiary alicyclic amines) is 1. The van der Waals surface area contributed by atoms with Crippen LogP contribution in [0.5, 0.6) is 0 Å². The zero-order chi connectivity index (χ0) is 18.0. The lowest BCUT2D eigenvalue weighted by Gasteiger charge is -2.38. The molecule has 1 aromatic heterocycles. The highest BCUT2D eigenvalue weighted by atomic mass is 127. The number of aliphatic imine (C=N–C) groups is 1. The van der Waals surface area contributed by atoms with Gasteiger partial charge in [-0.2, -0.15) is 0 Å². The number of imidazole rings is 1. The third kappa shape index (κ3) is 4.25. The van der Waals surface area contributed by atoms with Crippen molar-refractivity contribution in [2.75, 3.05) is 26.2 Å². The highest BCUT2D eigenvalue weighted by molar-refractivity contribution is 14.0. The van der Waals surface area contributed by atoms with E-state index in [1.54, 1.807) is 0 Å². The van der Waals surface area contributed by atoms with Crippen LogP contribution in [0.25, 0.3) is 11.0 Å². The molecule has 4 rings (SSSR count). The molecule has 1 aromatic carbocycles. The normalized spacial score (nSPS) is 18.6. The van der Waals surface area contributed by atoms with Crippen LogP contribution in [0.1, 0.15) is 44.9 Å². The fraction of sp³-hybridized carbons (Fsp3) is 0.619. The summed E-state index contributed by atoms with van der Waals surface area (Å²) >= 11 is 0. The minimum absolute atomic E-state index is 0. The van der Waals surface area contributed by atoms with Crippen LogP contribution in [0, 0.1) is 12.3 Å². The van der Waals surface area contributed by atoms with Crippen molar-refractivity contribution < 1.29 is 0 Å². The van der Waals surface area contributed by atoms with E-state index >= 15 is 0 Å². The molecule has 0 unspecified atom stereocenters. The molecule has 2 fully saturated rings. The first-order valence-corrected chi connectivity index (χ1v) is 10.2. The van der Waals surface area contributed by atoms with Crippen molar-refractivity contribution in [3.05, 3.63) is 30.1 Å². The van der Waals surface area contributed by atoms with Crippen LogP contribution in [-0.2, 0) is 6.54 Å². The maximum absolute atomic E-state index is 4.93. The summed E-state index contributed by atoms with van der Waals surface area (Å²) < 4.78 is 2.32. The summed E-state index contributed by atoms with van der Waals surface area (Å²) in [5, 5.41) is 3.50. The maximum Gasteiger partial charge on any atom is 0.193 e. The van der Waals surface area contributed by atoms with E-state index in [9.17, 15) is 0 Å². The van der Waals surface area contributed by atoms with Gasteiger partial charge in [-0.05, 0) is 57.1 Å². The van der Waals surface area contributed by atoms with Gasteiger partial charge in [0.1, 0.15) is 5.82 Å². The monoisotopic (exact) mass is 481 g/mol. The van der Waals surface area contributed by atoms with Gasteiger partial charge in [0.15, 0.2) is 5.96 Å². The Kier molecular flexibility index (Phi) is 6.65. The summed E-state index contributed by atoms with van der Waals surface area (Å²) in [6.45, 7) is 9.38. The van der Waals surface area contributed by atoms with Crippen LogP contribution in [0.2, 0.25) is 0 Å². The second-order valence-electron chi connectivity index (χ2n) is 7.91. The van der Waals surface area contributed by atoms with Gasteiger partial charge in [-0.3, -0.25) is 4.99 Å². The number of fused-ring (bicyclic) bond motifs is 1. The number of benzene rings is 1. The predicted molar refractivity (Wildman–Crippen MR) is 123 cm³/mol. The third-order valence-corrected chi connectivity index (χ3v) is 6.13. The summed E-state index contributed by atoms with van der Waals surface area (Å²) in [5.74, 6) is 2.21. The molecule has 2 aliphatic rings. The van der Waals surface area contributed by atoms with Crippen molar-refractivity contribution in [2.45, 2.75) is 52.5 Å². The van der Waals surface area contributed by atoms with E-state index in [1.165, 1.54) is 37.7 Å². The molecule has 1 saturated heterocycles. The molecule has 0 radical (unpaired) electrons. The molecule has 2 heterocycles. The van der Waals surface area contributed by atoms with Crippen LogP contribution in [-0.4, -0.2) is 46.6 Å². The highest BCUT2D eigenvalue weighted by Crippen LogP contribution is 2.47. The van der Waals surface area contributed by atoms with Gasteiger partial charge in [-0.15, -0.1) is 24.0 Å². The maximum atomic E-state index is 4.93. The molecule has 1 aliphatic carbocycles. The lowest BCUT2D eigenvalue weighted by Crippen LogP contribution is -2.42. The zero-order valence-corrected chi connectivity index (χ0v) is 18.9. The van der Waals surface area contributed by atoms with Gasteiger partial charge >= 0.3 is 0 Å². The van der Waals surface area contributed by atoms with Crippen LogP contribution >= 0.6 is 24.0 Å². The number of nitrogens with one attached hydrogen (secondary N) is 1. The molecule has 6 heteroatoms.